The minimum absolute atomic E-state index is 0. The summed E-state index contributed by atoms with van der Waals surface area (Å²) in [6.45, 7) is 6.55. The molecular formula is C82H54N4O2Pt-2. The fraction of sp³-hybridized carbons (Fsp3) is 0.0488. The molecule has 0 aliphatic carbocycles. The number of benzene rings is 12. The number of rotatable bonds is 8. The Balaban J connectivity index is 0.00000805. The van der Waals surface area contributed by atoms with Crippen LogP contribution in [0.15, 0.2) is 277 Å². The van der Waals surface area contributed by atoms with Crippen LogP contribution in [0.25, 0.3) is 150 Å². The largest absolute Gasteiger partial charge is 0.510 e. The molecule has 5 heterocycles. The van der Waals surface area contributed by atoms with Gasteiger partial charge in [0.2, 0.25) is 0 Å². The number of imidazole rings is 1. The molecule has 17 rings (SSSR count). The summed E-state index contributed by atoms with van der Waals surface area (Å²) in [5, 5.41) is 3.84. The Labute approximate surface area is 548 Å². The number of pyridine rings is 1. The molecule has 0 unspecified atom stereocenters. The van der Waals surface area contributed by atoms with Gasteiger partial charge in [-0.25, -0.2) is 4.98 Å². The third kappa shape index (κ3) is 9.13. The van der Waals surface area contributed by atoms with E-state index in [4.69, 9.17) is 22.4 Å². The fourth-order valence-electron chi connectivity index (χ4n) is 12.5. The van der Waals surface area contributed by atoms with Gasteiger partial charge in [0.15, 0.2) is 0 Å². The quantitative estimate of drug-likeness (QED) is 0.113. The summed E-state index contributed by atoms with van der Waals surface area (Å²) in [6, 6.07) is 59.6. The van der Waals surface area contributed by atoms with Crippen molar-refractivity contribution in [3.05, 3.63) is 297 Å². The van der Waals surface area contributed by atoms with E-state index in [1.807, 2.05) is 144 Å². The fourth-order valence-corrected chi connectivity index (χ4v) is 12.5. The van der Waals surface area contributed by atoms with Crippen LogP contribution >= 0.6 is 0 Å². The second-order valence-corrected chi connectivity index (χ2v) is 22.9. The first kappa shape index (κ1) is 41.4. The molecule has 1 aliphatic heterocycles. The minimum atomic E-state index is -0.745. The van der Waals surface area contributed by atoms with Crippen LogP contribution in [0.5, 0.6) is 11.5 Å². The van der Waals surface area contributed by atoms with Crippen LogP contribution < -0.4 is 9.30 Å². The summed E-state index contributed by atoms with van der Waals surface area (Å²) in [5.41, 5.74) is 11.0. The molecule has 12 aromatic carbocycles. The molecule has 4 aromatic heterocycles. The molecule has 7 heteroatoms. The van der Waals surface area contributed by atoms with E-state index in [2.05, 4.69) is 96.9 Å². The van der Waals surface area contributed by atoms with Gasteiger partial charge in [-0.05, 0) is 161 Å². The number of hydrogen-bond acceptors (Lipinski definition) is 3. The van der Waals surface area contributed by atoms with Crippen LogP contribution in [-0.4, -0.2) is 14.1 Å². The summed E-state index contributed by atoms with van der Waals surface area (Å²) in [5.74, 6) is 1.63. The maximum atomic E-state index is 10.2. The molecule has 6 nitrogen and oxygen atoms in total. The Morgan fingerprint density at radius 1 is 0.472 bits per heavy atom. The predicted octanol–water partition coefficient (Wildman–Crippen LogP) is 20.8. The van der Waals surface area contributed by atoms with Gasteiger partial charge in [-0.15, -0.1) is 29.7 Å². The zero-order chi connectivity index (χ0) is 69.9. The second kappa shape index (κ2) is 21.3. The van der Waals surface area contributed by atoms with Crippen molar-refractivity contribution in [2.24, 2.45) is 0 Å². The monoisotopic (exact) mass is 1330 g/mol. The molecule has 0 saturated carbocycles. The number of fused-ring (bicyclic) bond motifs is 13. The average Bonchev–Trinajstić information content (AvgIpc) is 1.26. The molecule has 0 amide bonds. The van der Waals surface area contributed by atoms with E-state index in [1.165, 1.54) is 0 Å². The summed E-state index contributed by atoms with van der Waals surface area (Å²) in [4.78, 5) is 4.88. The van der Waals surface area contributed by atoms with Gasteiger partial charge in [-0.2, -0.15) is 18.2 Å². The van der Waals surface area contributed by atoms with Crippen molar-refractivity contribution >= 4 is 54.8 Å². The molecule has 16 aromatic rings. The number of hydrogen-bond donors (Lipinski definition) is 0. The standard InChI is InChI=1S/C82H54N4O2.Pt/c1-82(2,3)59-41-42-83-79(48-59)86-74-32-14-12-27-67(74)68-39-37-62(50-76(68)86)87-61-24-16-23-60(49-61)84-51-85-80-63(55-36-40-78-73(47-55)69-28-13-15-34-77(69)88-78)29-17-30-71(80)72-46-54(35-38-66(72)64-25-10-11-26-65(64)70-31-18-33-75(84)81(70)85)58-44-56(52-19-6-4-7-20-52)43-57(45-58)53-21-8-5-9-22-53;/h4-48H,1-3H3;/q-2;/i4D,5D,6D,7D,8D,9D,19D,20D,21D,22D,43D,44D,45D;. The van der Waals surface area contributed by atoms with Gasteiger partial charge in [-0.3, -0.25) is 4.57 Å². The Morgan fingerprint density at radius 2 is 1.09 bits per heavy atom. The van der Waals surface area contributed by atoms with Crippen molar-refractivity contribution in [1.82, 2.24) is 14.1 Å². The summed E-state index contributed by atoms with van der Waals surface area (Å²) in [7, 11) is 0. The van der Waals surface area contributed by atoms with E-state index in [0.29, 0.717) is 39.6 Å². The SMILES string of the molecule is [2H]c1c([2H])c([2H])c(-c2c([2H])c(-c3ccc4c(c3)-c3cccc(-c5ccc6oc7ccccc7c6c5)c3-[n+]3[c-]n(-c5[c-]c(Oc6[c-]c7c(cc6)c6ccccc6n7-c6cc(C(C)(C)C)ccn6)ccc5)c5cccc(c53)-c3ccccc3-4)c([2H])c(-c3c([2H])c([2H])c([2H])c([2H])c3[2H])c2[2H])c([2H])c1[2H].[Pt]. The van der Waals surface area contributed by atoms with Gasteiger partial charge >= 0.3 is 0 Å². The number of aromatic nitrogens is 4. The Bertz CT molecular complexity index is 6160. The first-order valence-corrected chi connectivity index (χ1v) is 28.9. The van der Waals surface area contributed by atoms with Crippen molar-refractivity contribution in [2.75, 3.05) is 0 Å². The number of nitrogens with zero attached hydrogens (tertiary/aromatic N) is 4. The number of furan rings is 1. The normalized spacial score (nSPS) is 13.9. The van der Waals surface area contributed by atoms with E-state index >= 15 is 0 Å². The van der Waals surface area contributed by atoms with Gasteiger partial charge in [0, 0.05) is 55.1 Å². The maximum absolute atomic E-state index is 10.2. The molecule has 0 atom stereocenters. The van der Waals surface area contributed by atoms with E-state index in [-0.39, 0.29) is 37.6 Å². The number of ether oxygens (including phenoxy) is 1. The second-order valence-electron chi connectivity index (χ2n) is 22.9. The van der Waals surface area contributed by atoms with E-state index < -0.39 is 101 Å². The van der Waals surface area contributed by atoms with Crippen LogP contribution in [0.1, 0.15) is 44.2 Å². The summed E-state index contributed by atoms with van der Waals surface area (Å²) < 4.78 is 138. The topological polar surface area (TPSA) is 49.0 Å². The summed E-state index contributed by atoms with van der Waals surface area (Å²) >= 11 is 0. The van der Waals surface area contributed by atoms with Gasteiger partial charge in [0.25, 0.3) is 6.33 Å². The molecule has 0 N–H and O–H groups in total. The van der Waals surface area contributed by atoms with E-state index in [0.717, 1.165) is 94.0 Å². The molecule has 426 valence electrons. The summed E-state index contributed by atoms with van der Waals surface area (Å²) in [6.07, 6.45) is 5.69. The van der Waals surface area contributed by atoms with Crippen molar-refractivity contribution in [1.29, 1.82) is 0 Å². The molecule has 0 fully saturated rings. The van der Waals surface area contributed by atoms with Crippen molar-refractivity contribution < 1.29 is 52.6 Å². The van der Waals surface area contributed by atoms with Gasteiger partial charge in [0.05, 0.1) is 34.5 Å². The van der Waals surface area contributed by atoms with Crippen LogP contribution in [0.2, 0.25) is 0 Å². The molecule has 0 saturated heterocycles. The van der Waals surface area contributed by atoms with Gasteiger partial charge < -0.3 is 18.3 Å². The zero-order valence-corrected chi connectivity index (χ0v) is 50.2. The van der Waals surface area contributed by atoms with Crippen LogP contribution in [0.4, 0.5) is 0 Å². The molecule has 1 aliphatic rings. The average molecular weight is 1340 g/mol. The van der Waals surface area contributed by atoms with Crippen LogP contribution in [0.3, 0.4) is 0 Å². The molecule has 0 radical (unpaired) electrons. The smallest absolute Gasteiger partial charge is 0.268 e. The maximum Gasteiger partial charge on any atom is 0.268 e. The van der Waals surface area contributed by atoms with Crippen LogP contribution in [-0.2, 0) is 26.5 Å². The van der Waals surface area contributed by atoms with E-state index in [1.54, 1.807) is 6.07 Å². The van der Waals surface area contributed by atoms with Gasteiger partial charge in [-0.1, -0.05) is 202 Å². The van der Waals surface area contributed by atoms with Gasteiger partial charge in [0.1, 0.15) is 17.0 Å². The Hall–Kier alpha value is -10.7. The van der Waals surface area contributed by atoms with Crippen molar-refractivity contribution in [3.63, 3.8) is 0 Å². The minimum Gasteiger partial charge on any atom is -0.510 e. The molecule has 0 spiro atoms. The van der Waals surface area contributed by atoms with Crippen molar-refractivity contribution in [3.8, 4) is 107 Å². The Kier molecular flexibility index (Phi) is 9.94. The predicted molar refractivity (Wildman–Crippen MR) is 358 cm³/mol. The third-order valence-corrected chi connectivity index (χ3v) is 16.6. The van der Waals surface area contributed by atoms with Crippen LogP contribution in [0, 0.1) is 18.5 Å². The number of para-hydroxylation sites is 4. The van der Waals surface area contributed by atoms with E-state index in [9.17, 15) is 9.60 Å². The first-order chi connectivity index (χ1) is 48.7. The molecule has 0 bridgehead atoms. The first-order valence-electron chi connectivity index (χ1n) is 35.4. The molecule has 89 heavy (non-hydrogen) atoms. The Morgan fingerprint density at radius 3 is 1.88 bits per heavy atom. The zero-order valence-electron chi connectivity index (χ0n) is 60.9. The molecular weight excluding hydrogens is 1270 g/mol. The third-order valence-electron chi connectivity index (χ3n) is 16.6. The van der Waals surface area contributed by atoms with Crippen molar-refractivity contribution in [2.45, 2.75) is 26.2 Å².